The summed E-state index contributed by atoms with van der Waals surface area (Å²) in [4.78, 5) is 10.4. The van der Waals surface area contributed by atoms with Crippen LogP contribution in [0, 0.1) is 23.7 Å². The van der Waals surface area contributed by atoms with E-state index in [0.717, 1.165) is 6.07 Å². The quantitative estimate of drug-likeness (QED) is 0.815. The van der Waals surface area contributed by atoms with Crippen LogP contribution in [-0.4, -0.2) is 36.9 Å². The highest BCUT2D eigenvalue weighted by Crippen LogP contribution is 2.25. The van der Waals surface area contributed by atoms with E-state index in [-0.39, 0.29) is 15.5 Å². The number of rotatable bonds is 5. The van der Waals surface area contributed by atoms with Crippen LogP contribution in [0.1, 0.15) is 5.56 Å². The summed E-state index contributed by atoms with van der Waals surface area (Å²) >= 11 is 5.80. The van der Waals surface area contributed by atoms with Crippen molar-refractivity contribution in [2.24, 2.45) is 0 Å². The van der Waals surface area contributed by atoms with Crippen LogP contribution in [0.3, 0.4) is 0 Å². The highest BCUT2D eigenvalue weighted by atomic mass is 35.5. The molecule has 8 heteroatoms. The van der Waals surface area contributed by atoms with Gasteiger partial charge in [0.05, 0.1) is 23.2 Å². The Balaban J connectivity index is 3.37. The van der Waals surface area contributed by atoms with Crippen LogP contribution in [0.15, 0.2) is 23.1 Å². The Morgan fingerprint density at radius 1 is 1.50 bits per heavy atom. The van der Waals surface area contributed by atoms with Crippen molar-refractivity contribution in [1.29, 1.82) is 5.26 Å². The van der Waals surface area contributed by atoms with E-state index < -0.39 is 29.1 Å². The van der Waals surface area contributed by atoms with Gasteiger partial charge in [-0.25, -0.2) is 8.42 Å². The highest BCUT2D eigenvalue weighted by Gasteiger charge is 2.28. The van der Waals surface area contributed by atoms with Gasteiger partial charge in [0.2, 0.25) is 10.0 Å². The lowest BCUT2D eigenvalue weighted by atomic mass is 10.2. The van der Waals surface area contributed by atoms with Crippen molar-refractivity contribution < 1.29 is 18.3 Å². The molecule has 1 aromatic carbocycles. The van der Waals surface area contributed by atoms with Gasteiger partial charge < -0.3 is 5.11 Å². The molecule has 104 valence electrons. The lowest BCUT2D eigenvalue weighted by Gasteiger charge is -2.18. The van der Waals surface area contributed by atoms with Crippen molar-refractivity contribution in [3.05, 3.63) is 28.8 Å². The van der Waals surface area contributed by atoms with E-state index in [1.54, 1.807) is 6.07 Å². The lowest BCUT2D eigenvalue weighted by Crippen LogP contribution is -2.36. The summed E-state index contributed by atoms with van der Waals surface area (Å²) in [6.45, 7) is -1.21. The fraction of sp³-hybridized carbons (Fsp3) is 0.167. The van der Waals surface area contributed by atoms with Crippen LogP contribution < -0.4 is 0 Å². The lowest BCUT2D eigenvalue weighted by molar-refractivity contribution is -0.137. The van der Waals surface area contributed by atoms with Gasteiger partial charge in [-0.1, -0.05) is 17.5 Å². The molecular weight excluding hydrogens is 304 g/mol. The van der Waals surface area contributed by atoms with Gasteiger partial charge in [0.25, 0.3) is 0 Å². The number of hydrogen-bond donors (Lipinski definition) is 1. The number of aliphatic carboxylic acids is 1. The smallest absolute Gasteiger partial charge is 0.318 e. The largest absolute Gasteiger partial charge is 0.480 e. The topological polar surface area (TPSA) is 98.5 Å². The standard InChI is InChI=1S/C12H9ClN2O4S/c1-2-5-15(8-12(16)17)20(18,19)11-6-9(7-14)3-4-10(11)13/h1,3-4,6H,5,8H2,(H,16,17). The van der Waals surface area contributed by atoms with Crippen molar-refractivity contribution >= 4 is 27.6 Å². The first-order valence-corrected chi connectivity index (χ1v) is 6.99. The summed E-state index contributed by atoms with van der Waals surface area (Å²) in [5, 5.41) is 17.4. The molecule has 0 saturated heterocycles. The van der Waals surface area contributed by atoms with E-state index in [1.807, 2.05) is 0 Å². The first kappa shape index (κ1) is 16.0. The first-order chi connectivity index (χ1) is 9.32. The third-order valence-electron chi connectivity index (χ3n) is 2.26. The summed E-state index contributed by atoms with van der Waals surface area (Å²) in [6.07, 6.45) is 5.04. The fourth-order valence-electron chi connectivity index (χ4n) is 1.39. The second-order valence-electron chi connectivity index (χ2n) is 3.63. The molecule has 0 fully saturated rings. The molecule has 0 saturated carbocycles. The molecule has 0 radical (unpaired) electrons. The Morgan fingerprint density at radius 2 is 2.15 bits per heavy atom. The number of nitriles is 1. The molecule has 0 aromatic heterocycles. The Morgan fingerprint density at radius 3 is 2.65 bits per heavy atom. The Hall–Kier alpha value is -2.06. The van der Waals surface area contributed by atoms with Gasteiger partial charge in [0.15, 0.2) is 0 Å². The molecule has 0 atom stereocenters. The number of halogens is 1. The second-order valence-corrected chi connectivity index (χ2v) is 5.94. The monoisotopic (exact) mass is 312 g/mol. The number of terminal acetylenes is 1. The van der Waals surface area contributed by atoms with E-state index >= 15 is 0 Å². The summed E-state index contributed by atoms with van der Waals surface area (Å²) in [7, 11) is -4.19. The van der Waals surface area contributed by atoms with Crippen LogP contribution in [0.2, 0.25) is 5.02 Å². The number of carboxylic acids is 1. The molecule has 0 amide bonds. The average molecular weight is 313 g/mol. The van der Waals surface area contributed by atoms with Crippen molar-refractivity contribution in [1.82, 2.24) is 4.31 Å². The van der Waals surface area contributed by atoms with Crippen molar-refractivity contribution in [2.75, 3.05) is 13.1 Å². The minimum atomic E-state index is -4.19. The van der Waals surface area contributed by atoms with Crippen LogP contribution in [0.4, 0.5) is 0 Å². The predicted molar refractivity (Wildman–Crippen MR) is 71.4 cm³/mol. The second kappa shape index (κ2) is 6.40. The average Bonchev–Trinajstić information content (AvgIpc) is 2.38. The third kappa shape index (κ3) is 3.49. The highest BCUT2D eigenvalue weighted by molar-refractivity contribution is 7.89. The van der Waals surface area contributed by atoms with E-state index in [9.17, 15) is 13.2 Å². The maximum absolute atomic E-state index is 12.3. The molecule has 0 heterocycles. The van der Waals surface area contributed by atoms with Gasteiger partial charge in [-0.05, 0) is 18.2 Å². The molecule has 0 unspecified atom stereocenters. The summed E-state index contributed by atoms with van der Waals surface area (Å²) in [5.74, 6) is 0.722. The minimum absolute atomic E-state index is 0.0870. The molecule has 0 bridgehead atoms. The van der Waals surface area contributed by atoms with Crippen molar-refractivity contribution in [3.63, 3.8) is 0 Å². The van der Waals surface area contributed by atoms with Gasteiger partial charge in [0, 0.05) is 0 Å². The molecule has 0 aliphatic heterocycles. The zero-order chi connectivity index (χ0) is 15.3. The van der Waals surface area contributed by atoms with Crippen LogP contribution in [0.5, 0.6) is 0 Å². The van der Waals surface area contributed by atoms with E-state index in [2.05, 4.69) is 5.92 Å². The number of sulfonamides is 1. The van der Waals surface area contributed by atoms with Gasteiger partial charge in [-0.15, -0.1) is 6.42 Å². The molecule has 0 spiro atoms. The Bertz CT molecular complexity index is 716. The molecule has 6 nitrogen and oxygen atoms in total. The number of benzene rings is 1. The number of carboxylic acid groups (broad SMARTS) is 1. The molecule has 1 N–H and O–H groups in total. The fourth-order valence-corrected chi connectivity index (χ4v) is 3.19. The number of nitrogens with zero attached hydrogens (tertiary/aromatic N) is 2. The molecule has 0 aliphatic carbocycles. The third-order valence-corrected chi connectivity index (χ3v) is 4.53. The van der Waals surface area contributed by atoms with Gasteiger partial charge in [0.1, 0.15) is 11.4 Å². The number of carbonyl (C=O) groups is 1. The Kier molecular flexibility index (Phi) is 5.12. The maximum atomic E-state index is 12.3. The molecule has 1 aromatic rings. The van der Waals surface area contributed by atoms with Gasteiger partial charge in [-0.3, -0.25) is 4.79 Å². The van der Waals surface area contributed by atoms with E-state index in [0.29, 0.717) is 4.31 Å². The van der Waals surface area contributed by atoms with Crippen LogP contribution >= 0.6 is 11.6 Å². The van der Waals surface area contributed by atoms with Crippen molar-refractivity contribution in [2.45, 2.75) is 4.90 Å². The zero-order valence-corrected chi connectivity index (χ0v) is 11.6. The summed E-state index contributed by atoms with van der Waals surface area (Å²) in [6, 6.07) is 5.46. The molecule has 0 aliphatic rings. The predicted octanol–water partition coefficient (Wildman–Crippen LogP) is 0.920. The molecular formula is C12H9ClN2O4S. The van der Waals surface area contributed by atoms with Gasteiger partial charge >= 0.3 is 5.97 Å². The molecule has 20 heavy (non-hydrogen) atoms. The molecule has 1 rings (SSSR count). The first-order valence-electron chi connectivity index (χ1n) is 5.18. The van der Waals surface area contributed by atoms with Gasteiger partial charge in [-0.2, -0.15) is 9.57 Å². The Labute approximate surface area is 121 Å². The van der Waals surface area contributed by atoms with Crippen molar-refractivity contribution in [3.8, 4) is 18.4 Å². The SMILES string of the molecule is C#CCN(CC(=O)O)S(=O)(=O)c1cc(C#N)ccc1Cl. The summed E-state index contributed by atoms with van der Waals surface area (Å²) < 4.78 is 25.2. The van der Waals surface area contributed by atoms with E-state index in [4.69, 9.17) is 28.4 Å². The van der Waals surface area contributed by atoms with Crippen LogP contribution in [0.25, 0.3) is 0 Å². The van der Waals surface area contributed by atoms with Crippen LogP contribution in [-0.2, 0) is 14.8 Å². The van der Waals surface area contributed by atoms with E-state index in [1.165, 1.54) is 12.1 Å². The minimum Gasteiger partial charge on any atom is -0.480 e. The zero-order valence-electron chi connectivity index (χ0n) is 10.1. The number of hydrogen-bond acceptors (Lipinski definition) is 4. The normalized spacial score (nSPS) is 10.8. The maximum Gasteiger partial charge on any atom is 0.318 e. The summed E-state index contributed by atoms with van der Waals surface area (Å²) in [5.41, 5.74) is 0.0870.